The Morgan fingerprint density at radius 2 is 1.69 bits per heavy atom. The highest BCUT2D eigenvalue weighted by molar-refractivity contribution is 5.04. The third-order valence-electron chi connectivity index (χ3n) is 3.08. The van der Waals surface area contributed by atoms with Crippen molar-refractivity contribution in [1.82, 2.24) is 0 Å². The quantitative estimate of drug-likeness (QED) is 0.563. The molecule has 1 aliphatic carbocycles. The summed E-state index contributed by atoms with van der Waals surface area (Å²) >= 11 is 0. The Bertz CT molecular complexity index is 221. The lowest BCUT2D eigenvalue weighted by molar-refractivity contribution is 0.0145. The zero-order valence-corrected chi connectivity index (χ0v) is 10.0. The van der Waals surface area contributed by atoms with E-state index in [0.29, 0.717) is 33.0 Å². The molecule has 0 N–H and O–H groups in total. The Morgan fingerprint density at radius 1 is 1.06 bits per heavy atom. The van der Waals surface area contributed by atoms with Crippen molar-refractivity contribution in [2.75, 3.05) is 40.1 Å². The molecular formula is C12H21NO3. The van der Waals surface area contributed by atoms with Crippen LogP contribution in [0.3, 0.4) is 0 Å². The minimum atomic E-state index is -0.0725. The Labute approximate surface area is 97.5 Å². The van der Waals surface area contributed by atoms with Crippen molar-refractivity contribution in [3.8, 4) is 6.07 Å². The van der Waals surface area contributed by atoms with Crippen LogP contribution in [0.25, 0.3) is 0 Å². The molecule has 0 saturated heterocycles. The fourth-order valence-electron chi connectivity index (χ4n) is 1.75. The van der Waals surface area contributed by atoms with Crippen LogP contribution >= 0.6 is 0 Å². The van der Waals surface area contributed by atoms with Gasteiger partial charge in [-0.3, -0.25) is 0 Å². The van der Waals surface area contributed by atoms with Crippen molar-refractivity contribution in [1.29, 1.82) is 5.26 Å². The van der Waals surface area contributed by atoms with Gasteiger partial charge < -0.3 is 14.2 Å². The van der Waals surface area contributed by atoms with E-state index in [4.69, 9.17) is 19.5 Å². The van der Waals surface area contributed by atoms with Gasteiger partial charge in [-0.1, -0.05) is 6.42 Å². The first-order valence-corrected chi connectivity index (χ1v) is 5.89. The van der Waals surface area contributed by atoms with Gasteiger partial charge >= 0.3 is 0 Å². The summed E-state index contributed by atoms with van der Waals surface area (Å²) in [6.07, 6.45) is 4.13. The van der Waals surface area contributed by atoms with E-state index in [0.717, 1.165) is 19.3 Å². The highest BCUT2D eigenvalue weighted by Gasteiger charge is 2.36. The molecule has 1 rings (SSSR count). The van der Waals surface area contributed by atoms with E-state index in [1.807, 2.05) is 0 Å². The molecule has 0 bridgehead atoms. The molecule has 0 aliphatic heterocycles. The van der Waals surface area contributed by atoms with Crippen molar-refractivity contribution in [2.45, 2.75) is 25.7 Å². The van der Waals surface area contributed by atoms with Gasteiger partial charge in [-0.2, -0.15) is 5.26 Å². The Kier molecular flexibility index (Phi) is 6.39. The van der Waals surface area contributed by atoms with Crippen LogP contribution in [-0.2, 0) is 14.2 Å². The van der Waals surface area contributed by atoms with Gasteiger partial charge in [0, 0.05) is 13.7 Å². The zero-order chi connectivity index (χ0) is 11.7. The molecule has 1 fully saturated rings. The van der Waals surface area contributed by atoms with E-state index >= 15 is 0 Å². The molecule has 0 amide bonds. The maximum absolute atomic E-state index is 8.99. The van der Waals surface area contributed by atoms with Crippen LogP contribution in [0.1, 0.15) is 25.7 Å². The second-order valence-electron chi connectivity index (χ2n) is 4.21. The molecule has 0 aromatic heterocycles. The second kappa shape index (κ2) is 7.61. The first kappa shape index (κ1) is 13.4. The van der Waals surface area contributed by atoms with E-state index in [1.165, 1.54) is 6.42 Å². The number of methoxy groups -OCH3 is 1. The third-order valence-corrected chi connectivity index (χ3v) is 3.08. The fraction of sp³-hybridized carbons (Fsp3) is 0.917. The third kappa shape index (κ3) is 4.48. The van der Waals surface area contributed by atoms with Crippen molar-refractivity contribution in [2.24, 2.45) is 5.41 Å². The first-order chi connectivity index (χ1) is 7.83. The van der Waals surface area contributed by atoms with Gasteiger partial charge in [0.25, 0.3) is 0 Å². The van der Waals surface area contributed by atoms with Crippen LogP contribution in [0, 0.1) is 16.7 Å². The minimum absolute atomic E-state index is 0.0725. The number of hydrogen-bond donors (Lipinski definition) is 0. The molecular weight excluding hydrogens is 206 g/mol. The predicted molar refractivity (Wildman–Crippen MR) is 60.0 cm³/mol. The average molecular weight is 227 g/mol. The fourth-order valence-corrected chi connectivity index (χ4v) is 1.75. The molecule has 4 nitrogen and oxygen atoms in total. The zero-order valence-electron chi connectivity index (χ0n) is 10.0. The summed E-state index contributed by atoms with van der Waals surface area (Å²) in [5.74, 6) is 0. The molecule has 0 radical (unpaired) electrons. The SMILES string of the molecule is COCCOCCOCCC1(C#N)CCC1. The second-order valence-corrected chi connectivity index (χ2v) is 4.21. The van der Waals surface area contributed by atoms with Crippen LogP contribution in [0.2, 0.25) is 0 Å². The topological polar surface area (TPSA) is 51.5 Å². The summed E-state index contributed by atoms with van der Waals surface area (Å²) < 4.78 is 15.5. The van der Waals surface area contributed by atoms with E-state index in [2.05, 4.69) is 6.07 Å². The number of ether oxygens (including phenoxy) is 3. The molecule has 4 heteroatoms. The molecule has 0 spiro atoms. The summed E-state index contributed by atoms with van der Waals surface area (Å²) in [7, 11) is 1.65. The van der Waals surface area contributed by atoms with Gasteiger partial charge in [-0.15, -0.1) is 0 Å². The molecule has 0 heterocycles. The van der Waals surface area contributed by atoms with Crippen LogP contribution in [0.15, 0.2) is 0 Å². The maximum Gasteiger partial charge on any atom is 0.0701 e. The molecule has 92 valence electrons. The summed E-state index contributed by atoms with van der Waals surface area (Å²) in [5, 5.41) is 8.99. The van der Waals surface area contributed by atoms with E-state index in [9.17, 15) is 0 Å². The molecule has 1 aliphatic rings. The predicted octanol–water partition coefficient (Wildman–Crippen LogP) is 1.75. The number of nitriles is 1. The average Bonchev–Trinajstić information content (AvgIpc) is 2.25. The van der Waals surface area contributed by atoms with Crippen molar-refractivity contribution in [3.63, 3.8) is 0 Å². The largest absolute Gasteiger partial charge is 0.382 e. The standard InChI is InChI=1S/C12H21NO3/c1-14-7-8-16-10-9-15-6-5-12(11-13)3-2-4-12/h2-10H2,1H3. The maximum atomic E-state index is 8.99. The van der Waals surface area contributed by atoms with Gasteiger partial charge in [-0.25, -0.2) is 0 Å². The van der Waals surface area contributed by atoms with Gasteiger partial charge in [0.1, 0.15) is 0 Å². The van der Waals surface area contributed by atoms with E-state index < -0.39 is 0 Å². The monoisotopic (exact) mass is 227 g/mol. The highest BCUT2D eigenvalue weighted by Crippen LogP contribution is 2.43. The summed E-state index contributed by atoms with van der Waals surface area (Å²) in [5.41, 5.74) is -0.0725. The smallest absolute Gasteiger partial charge is 0.0701 e. The summed E-state index contributed by atoms with van der Waals surface area (Å²) in [6.45, 7) is 3.11. The van der Waals surface area contributed by atoms with Crippen molar-refractivity contribution in [3.05, 3.63) is 0 Å². The Balaban J connectivity index is 1.87. The normalized spacial score (nSPS) is 17.8. The van der Waals surface area contributed by atoms with Crippen LogP contribution in [0.4, 0.5) is 0 Å². The highest BCUT2D eigenvalue weighted by atomic mass is 16.5. The molecule has 0 aromatic carbocycles. The van der Waals surface area contributed by atoms with Gasteiger partial charge in [0.05, 0.1) is 37.9 Å². The lowest BCUT2D eigenvalue weighted by Gasteiger charge is -2.34. The van der Waals surface area contributed by atoms with Gasteiger partial charge in [0.15, 0.2) is 0 Å². The molecule has 0 aromatic rings. The lowest BCUT2D eigenvalue weighted by Crippen LogP contribution is -2.29. The molecule has 1 saturated carbocycles. The molecule has 16 heavy (non-hydrogen) atoms. The van der Waals surface area contributed by atoms with Crippen molar-refractivity contribution < 1.29 is 14.2 Å². The first-order valence-electron chi connectivity index (χ1n) is 5.89. The van der Waals surface area contributed by atoms with Crippen molar-refractivity contribution >= 4 is 0 Å². The van der Waals surface area contributed by atoms with Gasteiger partial charge in [0.2, 0.25) is 0 Å². The Hall–Kier alpha value is -0.630. The van der Waals surface area contributed by atoms with Crippen LogP contribution in [0.5, 0.6) is 0 Å². The summed E-state index contributed by atoms with van der Waals surface area (Å²) in [6, 6.07) is 2.41. The summed E-state index contributed by atoms with van der Waals surface area (Å²) in [4.78, 5) is 0. The number of hydrogen-bond acceptors (Lipinski definition) is 4. The van der Waals surface area contributed by atoms with Crippen LogP contribution < -0.4 is 0 Å². The molecule has 0 atom stereocenters. The Morgan fingerprint density at radius 3 is 2.19 bits per heavy atom. The lowest BCUT2D eigenvalue weighted by atomic mass is 9.68. The number of rotatable bonds is 9. The minimum Gasteiger partial charge on any atom is -0.382 e. The molecule has 0 unspecified atom stereocenters. The van der Waals surface area contributed by atoms with E-state index in [-0.39, 0.29) is 5.41 Å². The van der Waals surface area contributed by atoms with Crippen LogP contribution in [-0.4, -0.2) is 40.1 Å². The van der Waals surface area contributed by atoms with Gasteiger partial charge in [-0.05, 0) is 19.3 Å². The number of nitrogens with zero attached hydrogens (tertiary/aromatic N) is 1. The van der Waals surface area contributed by atoms with E-state index in [1.54, 1.807) is 7.11 Å².